The van der Waals surface area contributed by atoms with Crippen LogP contribution in [-0.2, 0) is 6.42 Å². The first-order valence-corrected chi connectivity index (χ1v) is 11.5. The zero-order chi connectivity index (χ0) is 22.9. The average Bonchev–Trinajstić information content (AvgIpc) is 3.34. The second kappa shape index (κ2) is 8.65. The molecule has 7 heteroatoms. The van der Waals surface area contributed by atoms with Gasteiger partial charge in [0.2, 0.25) is 0 Å². The molecule has 168 valence electrons. The van der Waals surface area contributed by atoms with Gasteiger partial charge in [0.25, 0.3) is 11.5 Å². The Morgan fingerprint density at radius 1 is 1.15 bits per heavy atom. The first-order chi connectivity index (χ1) is 16.0. The second-order valence-electron chi connectivity index (χ2n) is 8.80. The van der Waals surface area contributed by atoms with Gasteiger partial charge in [-0.15, -0.1) is 0 Å². The number of benzene rings is 1. The fraction of sp³-hybridized carbons (Fsp3) is 0.308. The third-order valence-electron chi connectivity index (χ3n) is 6.47. The number of aromatic nitrogens is 3. The third kappa shape index (κ3) is 3.95. The van der Waals surface area contributed by atoms with E-state index in [9.17, 15) is 9.59 Å². The number of nitrogens with zero attached hydrogens (tertiary/aromatic N) is 3. The van der Waals surface area contributed by atoms with Crippen LogP contribution in [0, 0.1) is 12.3 Å². The Bertz CT molecular complexity index is 1460. The molecule has 1 amide bonds. The van der Waals surface area contributed by atoms with Crippen molar-refractivity contribution in [2.45, 2.75) is 45.1 Å². The predicted octanol–water partition coefficient (Wildman–Crippen LogP) is 3.52. The number of carbonyl (C=O) groups is 1. The standard InChI is InChI=1S/C26H27N5O2/c1-17-11-12-22-29-24-21(26(33)30(22)16-17)15-20(23(27)31(24)19-9-5-6-10-19)25(32)28-14-13-18-7-3-2-4-8-18/h2-4,7-8,11-12,15-16,19,27H,5-6,9-10,13-14H2,1H3,(H,28,32). The predicted molar refractivity (Wildman–Crippen MR) is 128 cm³/mol. The lowest BCUT2D eigenvalue weighted by molar-refractivity contribution is 0.0951. The van der Waals surface area contributed by atoms with Gasteiger partial charge in [-0.25, -0.2) is 4.98 Å². The highest BCUT2D eigenvalue weighted by molar-refractivity contribution is 5.96. The van der Waals surface area contributed by atoms with E-state index in [0.717, 1.165) is 36.8 Å². The molecule has 2 N–H and O–H groups in total. The summed E-state index contributed by atoms with van der Waals surface area (Å²) >= 11 is 0. The first-order valence-electron chi connectivity index (χ1n) is 11.5. The first kappa shape index (κ1) is 21.1. The van der Waals surface area contributed by atoms with Crippen LogP contribution in [0.1, 0.15) is 53.2 Å². The lowest BCUT2D eigenvalue weighted by Gasteiger charge is -2.19. The van der Waals surface area contributed by atoms with E-state index in [2.05, 4.69) is 5.32 Å². The van der Waals surface area contributed by atoms with Crippen molar-refractivity contribution in [1.82, 2.24) is 19.3 Å². The lowest BCUT2D eigenvalue weighted by Crippen LogP contribution is -2.36. The molecule has 0 saturated heterocycles. The largest absolute Gasteiger partial charge is 0.352 e. The molecule has 1 fully saturated rings. The Labute approximate surface area is 191 Å². The molecule has 1 aliphatic rings. The normalized spacial score (nSPS) is 14.2. The van der Waals surface area contributed by atoms with Crippen molar-refractivity contribution >= 4 is 22.6 Å². The third-order valence-corrected chi connectivity index (χ3v) is 6.47. The number of aryl methyl sites for hydroxylation is 1. The zero-order valence-corrected chi connectivity index (χ0v) is 18.7. The van der Waals surface area contributed by atoms with Gasteiger partial charge < -0.3 is 9.88 Å². The highest BCUT2D eigenvalue weighted by atomic mass is 16.1. The van der Waals surface area contributed by atoms with E-state index in [1.54, 1.807) is 12.3 Å². The van der Waals surface area contributed by atoms with Gasteiger partial charge in [0, 0.05) is 18.8 Å². The summed E-state index contributed by atoms with van der Waals surface area (Å²) in [5.41, 5.74) is 3.23. The number of fused-ring (bicyclic) bond motifs is 2. The highest BCUT2D eigenvalue weighted by Gasteiger charge is 2.24. The summed E-state index contributed by atoms with van der Waals surface area (Å²) in [5.74, 6) is -0.335. The van der Waals surface area contributed by atoms with Crippen LogP contribution in [0.25, 0.3) is 16.7 Å². The molecule has 1 aromatic carbocycles. The van der Waals surface area contributed by atoms with Gasteiger partial charge in [0.1, 0.15) is 16.8 Å². The van der Waals surface area contributed by atoms with Crippen molar-refractivity contribution < 1.29 is 4.79 Å². The minimum atomic E-state index is -0.335. The van der Waals surface area contributed by atoms with Crippen LogP contribution in [0.5, 0.6) is 0 Å². The molecule has 0 spiro atoms. The molecule has 0 radical (unpaired) electrons. The van der Waals surface area contributed by atoms with E-state index < -0.39 is 0 Å². The average molecular weight is 442 g/mol. The van der Waals surface area contributed by atoms with Gasteiger partial charge in [-0.3, -0.25) is 19.4 Å². The van der Waals surface area contributed by atoms with Gasteiger partial charge in [-0.1, -0.05) is 49.2 Å². The van der Waals surface area contributed by atoms with Crippen molar-refractivity contribution in [2.24, 2.45) is 0 Å². The van der Waals surface area contributed by atoms with Gasteiger partial charge in [-0.05, 0) is 49.4 Å². The van der Waals surface area contributed by atoms with Gasteiger partial charge in [-0.2, -0.15) is 0 Å². The summed E-state index contributed by atoms with van der Waals surface area (Å²) < 4.78 is 3.34. The van der Waals surface area contributed by atoms with Crippen molar-refractivity contribution in [1.29, 1.82) is 5.41 Å². The molecule has 4 aromatic rings. The van der Waals surface area contributed by atoms with Crippen molar-refractivity contribution in [3.63, 3.8) is 0 Å². The van der Waals surface area contributed by atoms with Gasteiger partial charge in [0.15, 0.2) is 0 Å². The maximum absolute atomic E-state index is 13.4. The number of rotatable bonds is 5. The smallest absolute Gasteiger partial charge is 0.267 e. The Balaban J connectivity index is 1.61. The SMILES string of the molecule is Cc1ccc2nc3c(cc(C(=O)NCCc4ccccc4)c(=N)n3C3CCCC3)c(=O)n2c1. The van der Waals surface area contributed by atoms with Gasteiger partial charge in [0.05, 0.1) is 10.9 Å². The zero-order valence-electron chi connectivity index (χ0n) is 18.7. The molecule has 33 heavy (non-hydrogen) atoms. The number of carbonyl (C=O) groups excluding carboxylic acids is 1. The Morgan fingerprint density at radius 3 is 2.67 bits per heavy atom. The lowest BCUT2D eigenvalue weighted by atomic mass is 10.1. The number of hydrogen-bond acceptors (Lipinski definition) is 4. The Kier molecular flexibility index (Phi) is 5.54. The van der Waals surface area contributed by atoms with Crippen molar-refractivity contribution in [2.75, 3.05) is 6.54 Å². The second-order valence-corrected chi connectivity index (χ2v) is 8.80. The number of amides is 1. The summed E-state index contributed by atoms with van der Waals surface area (Å²) in [6.07, 6.45) is 6.43. The van der Waals surface area contributed by atoms with Crippen LogP contribution >= 0.6 is 0 Å². The molecule has 0 unspecified atom stereocenters. The van der Waals surface area contributed by atoms with E-state index in [-0.39, 0.29) is 28.6 Å². The Hall–Kier alpha value is -3.74. The highest BCUT2D eigenvalue weighted by Crippen LogP contribution is 2.30. The maximum Gasteiger partial charge on any atom is 0.267 e. The van der Waals surface area contributed by atoms with Gasteiger partial charge >= 0.3 is 0 Å². The minimum Gasteiger partial charge on any atom is -0.352 e. The molecule has 0 atom stereocenters. The van der Waals surface area contributed by atoms with E-state index >= 15 is 0 Å². The van der Waals surface area contributed by atoms with Crippen LogP contribution in [0.4, 0.5) is 0 Å². The van der Waals surface area contributed by atoms with Crippen LogP contribution in [0.15, 0.2) is 59.5 Å². The molecular formula is C26H27N5O2. The Morgan fingerprint density at radius 2 is 1.91 bits per heavy atom. The molecule has 3 heterocycles. The van der Waals surface area contributed by atoms with E-state index in [1.807, 2.05) is 54.0 Å². The van der Waals surface area contributed by atoms with Crippen LogP contribution in [-0.4, -0.2) is 26.4 Å². The molecule has 7 nitrogen and oxygen atoms in total. The molecule has 3 aromatic heterocycles. The van der Waals surface area contributed by atoms with Crippen LogP contribution < -0.4 is 16.4 Å². The summed E-state index contributed by atoms with van der Waals surface area (Å²) in [6, 6.07) is 15.3. The van der Waals surface area contributed by atoms with Crippen LogP contribution in [0.3, 0.4) is 0 Å². The molecule has 1 saturated carbocycles. The maximum atomic E-state index is 13.4. The van der Waals surface area contributed by atoms with E-state index in [1.165, 1.54) is 4.40 Å². The van der Waals surface area contributed by atoms with Crippen molar-refractivity contribution in [3.05, 3.63) is 87.3 Å². The summed E-state index contributed by atoms with van der Waals surface area (Å²) in [6.45, 7) is 2.38. The fourth-order valence-electron chi connectivity index (χ4n) is 4.76. The number of hydrogen-bond donors (Lipinski definition) is 2. The number of nitrogens with one attached hydrogen (secondary N) is 2. The summed E-state index contributed by atoms with van der Waals surface area (Å²) in [5, 5.41) is 12.2. The topological polar surface area (TPSA) is 92.2 Å². The van der Waals surface area contributed by atoms with Crippen LogP contribution in [0.2, 0.25) is 0 Å². The molecule has 1 aliphatic carbocycles. The van der Waals surface area contributed by atoms with Crippen molar-refractivity contribution in [3.8, 4) is 0 Å². The van der Waals surface area contributed by atoms with E-state index in [4.69, 9.17) is 10.4 Å². The summed E-state index contributed by atoms with van der Waals surface area (Å²) in [4.78, 5) is 31.3. The fourth-order valence-corrected chi connectivity index (χ4v) is 4.76. The molecule has 0 bridgehead atoms. The quantitative estimate of drug-likeness (QED) is 0.464. The minimum absolute atomic E-state index is 0.0665. The molecule has 5 rings (SSSR count). The molecular weight excluding hydrogens is 414 g/mol. The van der Waals surface area contributed by atoms with E-state index in [0.29, 0.717) is 29.6 Å². The molecule has 0 aliphatic heterocycles. The monoisotopic (exact) mass is 441 g/mol. The summed E-state index contributed by atoms with van der Waals surface area (Å²) in [7, 11) is 0. The number of pyridine rings is 2.